The molecule has 0 heterocycles. The number of benzene rings is 1. The second kappa shape index (κ2) is 2.65. The zero-order chi connectivity index (χ0) is 6.69. The molecule has 1 rings (SSSR count). The van der Waals surface area contributed by atoms with Gasteiger partial charge >= 0.3 is 0 Å². The lowest BCUT2D eigenvalue weighted by molar-refractivity contribution is 1.44. The highest BCUT2D eigenvalue weighted by molar-refractivity contribution is 7.80. The van der Waals surface area contributed by atoms with E-state index >= 15 is 0 Å². The van der Waals surface area contributed by atoms with Crippen molar-refractivity contribution < 1.29 is 0 Å². The van der Waals surface area contributed by atoms with Gasteiger partial charge in [0.1, 0.15) is 0 Å². The Bertz CT molecular complexity index is 216. The highest BCUT2D eigenvalue weighted by Gasteiger charge is 1.89. The van der Waals surface area contributed by atoms with Gasteiger partial charge in [-0.05, 0) is 11.6 Å². The van der Waals surface area contributed by atoms with E-state index in [1.807, 2.05) is 24.3 Å². The summed E-state index contributed by atoms with van der Waals surface area (Å²) in [6.07, 6.45) is 1.52. The van der Waals surface area contributed by atoms with E-state index in [9.17, 15) is 0 Å². The summed E-state index contributed by atoms with van der Waals surface area (Å²) >= 11 is 4.94. The molecule has 1 heteroatoms. The van der Waals surface area contributed by atoms with E-state index in [-0.39, 0.29) is 0 Å². The van der Waals surface area contributed by atoms with Crippen LogP contribution in [0, 0.1) is 6.58 Å². The van der Waals surface area contributed by atoms with Gasteiger partial charge in [-0.2, -0.15) is 0 Å². The minimum atomic E-state index is 0.806. The van der Waals surface area contributed by atoms with Crippen molar-refractivity contribution >= 4 is 18.7 Å². The Balaban J connectivity index is 3.15. The third-order valence-electron chi connectivity index (χ3n) is 1.10. The lowest BCUT2D eigenvalue weighted by Gasteiger charge is -1.92. The van der Waals surface area contributed by atoms with E-state index < -0.39 is 0 Å². The maximum Gasteiger partial charge on any atom is 0.0449 e. The average molecular weight is 134 g/mol. The molecule has 44 valence electrons. The summed E-state index contributed by atoms with van der Waals surface area (Å²) in [5, 5.41) is 0. The molecule has 0 unspecified atom stereocenters. The Hall–Kier alpha value is -0.820. The van der Waals surface area contributed by atoms with Crippen molar-refractivity contribution in [2.45, 2.75) is 4.90 Å². The standard InChI is InChI=1S/C8H6S/c1-2-7-5-3-4-6-8(7)9/h1-6H. The number of rotatable bonds is 1. The molecule has 0 saturated heterocycles. The van der Waals surface area contributed by atoms with E-state index in [0.717, 1.165) is 10.5 Å². The van der Waals surface area contributed by atoms with Crippen molar-refractivity contribution in [2.24, 2.45) is 0 Å². The molecule has 0 atom stereocenters. The first-order valence-electron chi connectivity index (χ1n) is 2.65. The zero-order valence-corrected chi connectivity index (χ0v) is 5.69. The van der Waals surface area contributed by atoms with Crippen LogP contribution in [0.25, 0.3) is 6.08 Å². The Morgan fingerprint density at radius 3 is 2.44 bits per heavy atom. The first-order valence-corrected chi connectivity index (χ1v) is 3.06. The third kappa shape index (κ3) is 1.30. The molecule has 1 aromatic rings. The second-order valence-electron chi connectivity index (χ2n) is 1.70. The van der Waals surface area contributed by atoms with Crippen LogP contribution in [-0.4, -0.2) is 0 Å². The van der Waals surface area contributed by atoms with Crippen molar-refractivity contribution in [1.29, 1.82) is 0 Å². The summed E-state index contributed by atoms with van der Waals surface area (Å²) in [6, 6.07) is 7.56. The Kier molecular flexibility index (Phi) is 1.85. The fourth-order valence-corrected chi connectivity index (χ4v) is 0.833. The van der Waals surface area contributed by atoms with E-state index in [1.165, 1.54) is 6.08 Å². The van der Waals surface area contributed by atoms with Crippen molar-refractivity contribution in [2.75, 3.05) is 0 Å². The van der Waals surface area contributed by atoms with Crippen LogP contribution in [0.5, 0.6) is 0 Å². The van der Waals surface area contributed by atoms with Gasteiger partial charge in [-0.3, -0.25) is 0 Å². The smallest absolute Gasteiger partial charge is 0.0449 e. The molecular weight excluding hydrogens is 128 g/mol. The van der Waals surface area contributed by atoms with Crippen LogP contribution in [0.15, 0.2) is 29.2 Å². The van der Waals surface area contributed by atoms with Crippen LogP contribution in [0.4, 0.5) is 0 Å². The number of hydrogen-bond acceptors (Lipinski definition) is 0. The van der Waals surface area contributed by atoms with Gasteiger partial charge in [-0.1, -0.05) is 43.5 Å². The molecule has 0 amide bonds. The average Bonchev–Trinajstić information content (AvgIpc) is 1.89. The topological polar surface area (TPSA) is 0 Å². The van der Waals surface area contributed by atoms with Gasteiger partial charge in [-0.25, -0.2) is 0 Å². The lowest BCUT2D eigenvalue weighted by atomic mass is 10.2. The largest absolute Gasteiger partial charge is 0.0795 e. The Labute approximate surface area is 60.6 Å². The summed E-state index contributed by atoms with van der Waals surface area (Å²) in [6.45, 7) is 5.26. The van der Waals surface area contributed by atoms with Crippen LogP contribution < -0.4 is 0 Å². The molecule has 0 aromatic heterocycles. The van der Waals surface area contributed by atoms with Crippen molar-refractivity contribution in [3.63, 3.8) is 0 Å². The van der Waals surface area contributed by atoms with Crippen molar-refractivity contribution in [3.05, 3.63) is 36.4 Å². The van der Waals surface area contributed by atoms with Gasteiger partial charge < -0.3 is 0 Å². The Morgan fingerprint density at radius 2 is 2.00 bits per heavy atom. The molecule has 0 bridgehead atoms. The maximum atomic E-state index is 5.26. The Morgan fingerprint density at radius 1 is 1.33 bits per heavy atom. The predicted octanol–water partition coefficient (Wildman–Crippen LogP) is 2.69. The van der Waals surface area contributed by atoms with Gasteiger partial charge in [0.05, 0.1) is 0 Å². The van der Waals surface area contributed by atoms with Crippen LogP contribution in [0.3, 0.4) is 0 Å². The molecule has 0 aliphatic rings. The van der Waals surface area contributed by atoms with Crippen molar-refractivity contribution in [3.8, 4) is 0 Å². The molecule has 2 radical (unpaired) electrons. The highest BCUT2D eigenvalue weighted by Crippen LogP contribution is 2.12. The van der Waals surface area contributed by atoms with E-state index in [4.69, 9.17) is 19.2 Å². The van der Waals surface area contributed by atoms with Crippen LogP contribution in [0.2, 0.25) is 0 Å². The fourth-order valence-electron chi connectivity index (χ4n) is 0.618. The fraction of sp³-hybridized carbons (Fsp3) is 0. The van der Waals surface area contributed by atoms with E-state index in [2.05, 4.69) is 0 Å². The quantitative estimate of drug-likeness (QED) is 0.554. The SMILES string of the molecule is [CH]=Cc1ccccc1[S]. The molecule has 1 aromatic carbocycles. The predicted molar refractivity (Wildman–Crippen MR) is 41.1 cm³/mol. The molecule has 0 spiro atoms. The van der Waals surface area contributed by atoms with Crippen molar-refractivity contribution in [1.82, 2.24) is 0 Å². The maximum absolute atomic E-state index is 5.26. The number of hydrogen-bond donors (Lipinski definition) is 0. The minimum absolute atomic E-state index is 0.806. The molecule has 0 aliphatic carbocycles. The van der Waals surface area contributed by atoms with E-state index in [1.54, 1.807) is 0 Å². The van der Waals surface area contributed by atoms with Gasteiger partial charge in [0, 0.05) is 4.90 Å². The summed E-state index contributed by atoms with van der Waals surface area (Å²) in [5.74, 6) is 0. The molecule has 0 fully saturated rings. The monoisotopic (exact) mass is 134 g/mol. The molecule has 0 saturated carbocycles. The normalized spacial score (nSPS) is 8.89. The molecular formula is C8H6S. The molecule has 0 nitrogen and oxygen atoms in total. The molecule has 9 heavy (non-hydrogen) atoms. The third-order valence-corrected chi connectivity index (χ3v) is 1.47. The van der Waals surface area contributed by atoms with Crippen LogP contribution >= 0.6 is 12.6 Å². The summed E-state index contributed by atoms with van der Waals surface area (Å²) in [4.78, 5) is 0.806. The minimum Gasteiger partial charge on any atom is -0.0795 e. The molecule has 0 aliphatic heterocycles. The summed E-state index contributed by atoms with van der Waals surface area (Å²) in [5.41, 5.74) is 0.924. The van der Waals surface area contributed by atoms with Gasteiger partial charge in [-0.15, -0.1) is 0 Å². The second-order valence-corrected chi connectivity index (χ2v) is 2.14. The van der Waals surface area contributed by atoms with Gasteiger partial charge in [0.2, 0.25) is 0 Å². The summed E-state index contributed by atoms with van der Waals surface area (Å²) in [7, 11) is 0. The lowest BCUT2D eigenvalue weighted by Crippen LogP contribution is -1.71. The van der Waals surface area contributed by atoms with E-state index in [0.29, 0.717) is 0 Å². The van der Waals surface area contributed by atoms with Gasteiger partial charge in [0.15, 0.2) is 0 Å². The zero-order valence-electron chi connectivity index (χ0n) is 4.87. The highest BCUT2D eigenvalue weighted by atomic mass is 32.1. The first kappa shape index (κ1) is 6.30. The van der Waals surface area contributed by atoms with Crippen LogP contribution in [0.1, 0.15) is 5.56 Å². The van der Waals surface area contributed by atoms with Crippen LogP contribution in [-0.2, 0) is 0 Å². The summed E-state index contributed by atoms with van der Waals surface area (Å²) < 4.78 is 0. The molecule has 0 N–H and O–H groups in total. The first-order chi connectivity index (χ1) is 4.34. The van der Waals surface area contributed by atoms with Gasteiger partial charge in [0.25, 0.3) is 0 Å².